The van der Waals surface area contributed by atoms with Gasteiger partial charge in [0.1, 0.15) is 25.3 Å². The SMILES string of the molecule is O=C(Nc1ccc(S(=O)(=O)NC2=NCCCCC2)cc1)C1=COCCO1. The molecule has 0 fully saturated rings. The highest BCUT2D eigenvalue weighted by Gasteiger charge is 2.18. The van der Waals surface area contributed by atoms with E-state index in [0.29, 0.717) is 37.7 Å². The van der Waals surface area contributed by atoms with E-state index >= 15 is 0 Å². The molecule has 0 saturated carbocycles. The van der Waals surface area contributed by atoms with Gasteiger partial charge in [-0.25, -0.2) is 8.42 Å². The van der Waals surface area contributed by atoms with Gasteiger partial charge in [-0.3, -0.25) is 14.5 Å². The summed E-state index contributed by atoms with van der Waals surface area (Å²) in [6.07, 6.45) is 4.84. The lowest BCUT2D eigenvalue weighted by Crippen LogP contribution is -2.30. The minimum Gasteiger partial charge on any atom is -0.494 e. The van der Waals surface area contributed by atoms with Gasteiger partial charge in [0.15, 0.2) is 0 Å². The number of anilines is 1. The van der Waals surface area contributed by atoms with Crippen LogP contribution in [-0.4, -0.2) is 39.9 Å². The molecular weight excluding hydrogens is 358 g/mol. The molecule has 0 saturated heterocycles. The Bertz CT molecular complexity index is 815. The van der Waals surface area contributed by atoms with Gasteiger partial charge in [0.25, 0.3) is 15.9 Å². The van der Waals surface area contributed by atoms with Crippen LogP contribution in [0.1, 0.15) is 25.7 Å². The third-order valence-electron chi connectivity index (χ3n) is 3.92. The zero-order valence-electron chi connectivity index (χ0n) is 14.2. The second-order valence-corrected chi connectivity index (χ2v) is 7.61. The summed E-state index contributed by atoms with van der Waals surface area (Å²) in [7, 11) is -3.69. The summed E-state index contributed by atoms with van der Waals surface area (Å²) in [4.78, 5) is 16.4. The molecule has 0 atom stereocenters. The molecule has 0 spiro atoms. The molecule has 2 aliphatic rings. The zero-order valence-corrected chi connectivity index (χ0v) is 15.0. The first-order chi connectivity index (χ1) is 12.5. The Kier molecular flexibility index (Phi) is 5.77. The van der Waals surface area contributed by atoms with E-state index < -0.39 is 15.9 Å². The summed E-state index contributed by atoms with van der Waals surface area (Å²) in [5.41, 5.74) is 0.454. The number of hydrogen-bond donors (Lipinski definition) is 2. The lowest BCUT2D eigenvalue weighted by molar-refractivity contribution is -0.117. The van der Waals surface area contributed by atoms with Crippen molar-refractivity contribution in [2.24, 2.45) is 4.99 Å². The highest BCUT2D eigenvalue weighted by molar-refractivity contribution is 7.90. The predicted octanol–water partition coefficient (Wildman–Crippen LogP) is 1.76. The lowest BCUT2D eigenvalue weighted by atomic mass is 10.2. The van der Waals surface area contributed by atoms with Gasteiger partial charge in [0, 0.05) is 18.7 Å². The number of ether oxygens (including phenoxy) is 2. The first-order valence-corrected chi connectivity index (χ1v) is 9.95. The third-order valence-corrected chi connectivity index (χ3v) is 5.32. The number of amides is 1. The molecule has 2 aliphatic heterocycles. The average Bonchev–Trinajstić information content (AvgIpc) is 2.91. The fourth-order valence-electron chi connectivity index (χ4n) is 2.57. The number of hydrogen-bond acceptors (Lipinski definition) is 6. The first kappa shape index (κ1) is 18.2. The minimum atomic E-state index is -3.69. The van der Waals surface area contributed by atoms with Gasteiger partial charge in [0.2, 0.25) is 5.76 Å². The number of nitrogens with zero attached hydrogens (tertiary/aromatic N) is 1. The van der Waals surface area contributed by atoms with Gasteiger partial charge < -0.3 is 14.8 Å². The molecule has 1 aromatic rings. The van der Waals surface area contributed by atoms with Crippen molar-refractivity contribution in [2.75, 3.05) is 25.1 Å². The van der Waals surface area contributed by atoms with E-state index in [4.69, 9.17) is 9.47 Å². The summed E-state index contributed by atoms with van der Waals surface area (Å²) < 4.78 is 37.7. The summed E-state index contributed by atoms with van der Waals surface area (Å²) in [6.45, 7) is 1.36. The molecular formula is C17H21N3O5S. The summed E-state index contributed by atoms with van der Waals surface area (Å²) in [5, 5.41) is 2.63. The van der Waals surface area contributed by atoms with Crippen LogP contribution in [0.25, 0.3) is 0 Å². The van der Waals surface area contributed by atoms with Crippen LogP contribution < -0.4 is 10.0 Å². The molecule has 2 heterocycles. The summed E-state index contributed by atoms with van der Waals surface area (Å²) in [6, 6.07) is 5.90. The number of carbonyl (C=O) groups excluding carboxylic acids is 1. The van der Waals surface area contributed by atoms with E-state index in [1.165, 1.54) is 30.5 Å². The molecule has 8 nitrogen and oxygen atoms in total. The quantitative estimate of drug-likeness (QED) is 0.829. The van der Waals surface area contributed by atoms with Crippen LogP contribution in [0.15, 0.2) is 46.2 Å². The monoisotopic (exact) mass is 379 g/mol. The Balaban J connectivity index is 1.65. The van der Waals surface area contributed by atoms with Crippen LogP contribution in [0.3, 0.4) is 0 Å². The number of nitrogens with one attached hydrogen (secondary N) is 2. The molecule has 1 amide bonds. The van der Waals surface area contributed by atoms with Crippen molar-refractivity contribution in [3.63, 3.8) is 0 Å². The Morgan fingerprint density at radius 3 is 2.62 bits per heavy atom. The summed E-state index contributed by atoms with van der Waals surface area (Å²) >= 11 is 0. The van der Waals surface area contributed by atoms with Crippen molar-refractivity contribution in [3.8, 4) is 0 Å². The predicted molar refractivity (Wildman–Crippen MR) is 96.2 cm³/mol. The number of amidine groups is 1. The number of aliphatic imine (C=N–C) groups is 1. The summed E-state index contributed by atoms with van der Waals surface area (Å²) in [5.74, 6) is 0.133. The first-order valence-electron chi connectivity index (χ1n) is 8.47. The number of carbonyl (C=O) groups is 1. The van der Waals surface area contributed by atoms with Crippen LogP contribution in [0.4, 0.5) is 5.69 Å². The normalized spacial score (nSPS) is 17.7. The van der Waals surface area contributed by atoms with Gasteiger partial charge in [0.05, 0.1) is 4.90 Å². The van der Waals surface area contributed by atoms with Crippen LogP contribution >= 0.6 is 0 Å². The highest BCUT2D eigenvalue weighted by Crippen LogP contribution is 2.16. The van der Waals surface area contributed by atoms with Gasteiger partial charge in [-0.2, -0.15) is 0 Å². The Morgan fingerprint density at radius 1 is 1.08 bits per heavy atom. The second-order valence-electron chi connectivity index (χ2n) is 5.92. The maximum absolute atomic E-state index is 12.5. The van der Waals surface area contributed by atoms with Gasteiger partial charge in [-0.15, -0.1) is 0 Å². The van der Waals surface area contributed by atoms with Crippen LogP contribution in [-0.2, 0) is 24.3 Å². The maximum Gasteiger partial charge on any atom is 0.294 e. The largest absolute Gasteiger partial charge is 0.494 e. The van der Waals surface area contributed by atoms with E-state index in [0.717, 1.165) is 19.3 Å². The van der Waals surface area contributed by atoms with Crippen molar-refractivity contribution in [1.29, 1.82) is 0 Å². The zero-order chi connectivity index (χ0) is 18.4. The van der Waals surface area contributed by atoms with Crippen molar-refractivity contribution in [2.45, 2.75) is 30.6 Å². The third kappa shape index (κ3) is 4.75. The molecule has 0 unspecified atom stereocenters. The van der Waals surface area contributed by atoms with E-state index in [1.807, 2.05) is 0 Å². The van der Waals surface area contributed by atoms with Crippen molar-refractivity contribution in [1.82, 2.24) is 4.72 Å². The van der Waals surface area contributed by atoms with Crippen molar-refractivity contribution < 1.29 is 22.7 Å². The molecule has 0 radical (unpaired) electrons. The topological polar surface area (TPSA) is 106 Å². The molecule has 0 aromatic heterocycles. The lowest BCUT2D eigenvalue weighted by Gasteiger charge is -2.15. The van der Waals surface area contributed by atoms with E-state index in [2.05, 4.69) is 15.0 Å². The molecule has 140 valence electrons. The van der Waals surface area contributed by atoms with E-state index in [-0.39, 0.29) is 10.7 Å². The Labute approximate surface area is 152 Å². The standard InChI is InChI=1S/C17H21N3O5S/c21-17(15-12-24-10-11-25-15)19-13-5-7-14(8-6-13)26(22,23)20-16-4-2-1-3-9-18-16/h5-8,12H,1-4,9-11H2,(H,18,20)(H,19,21). The maximum atomic E-state index is 12.5. The number of benzene rings is 1. The van der Waals surface area contributed by atoms with E-state index in [1.54, 1.807) is 0 Å². The average molecular weight is 379 g/mol. The van der Waals surface area contributed by atoms with Gasteiger partial charge in [-0.1, -0.05) is 6.42 Å². The second kappa shape index (κ2) is 8.22. The van der Waals surface area contributed by atoms with Crippen LogP contribution in [0, 0.1) is 0 Å². The van der Waals surface area contributed by atoms with E-state index in [9.17, 15) is 13.2 Å². The smallest absolute Gasteiger partial charge is 0.294 e. The molecule has 3 rings (SSSR count). The molecule has 0 aliphatic carbocycles. The van der Waals surface area contributed by atoms with Crippen LogP contribution in [0.5, 0.6) is 0 Å². The molecule has 1 aromatic carbocycles. The van der Waals surface area contributed by atoms with Gasteiger partial charge >= 0.3 is 0 Å². The Morgan fingerprint density at radius 2 is 1.88 bits per heavy atom. The molecule has 9 heteroatoms. The van der Waals surface area contributed by atoms with Crippen molar-refractivity contribution in [3.05, 3.63) is 36.3 Å². The molecule has 2 N–H and O–H groups in total. The van der Waals surface area contributed by atoms with Crippen molar-refractivity contribution >= 4 is 27.5 Å². The highest BCUT2D eigenvalue weighted by atomic mass is 32.2. The number of sulfonamides is 1. The van der Waals surface area contributed by atoms with Gasteiger partial charge in [-0.05, 0) is 37.1 Å². The fourth-order valence-corrected chi connectivity index (χ4v) is 3.66. The van der Waals surface area contributed by atoms with Crippen LogP contribution in [0.2, 0.25) is 0 Å². The minimum absolute atomic E-state index is 0.0842. The Hall–Kier alpha value is -2.55. The fraction of sp³-hybridized carbons (Fsp3) is 0.412. The molecule has 0 bridgehead atoms. The molecule has 26 heavy (non-hydrogen) atoms. The number of rotatable bonds is 4.